The van der Waals surface area contributed by atoms with Crippen LogP contribution in [0.4, 0.5) is 5.82 Å². The second kappa shape index (κ2) is 6.34. The maximum Gasteiger partial charge on any atom is 0.157 e. The number of halogens is 1. The lowest BCUT2D eigenvalue weighted by atomic mass is 10.0. The Labute approximate surface area is 154 Å². The van der Waals surface area contributed by atoms with Crippen molar-refractivity contribution in [2.45, 2.75) is 51.1 Å². The number of H-pyrrole nitrogens is 1. The summed E-state index contributed by atoms with van der Waals surface area (Å²) in [7, 11) is 0. The molecule has 5 heteroatoms. The molecule has 2 bridgehead atoms. The molecule has 4 heterocycles. The minimum absolute atomic E-state index is 0. The molecule has 25 heavy (non-hydrogen) atoms. The Morgan fingerprint density at radius 1 is 1.00 bits per heavy atom. The van der Waals surface area contributed by atoms with Gasteiger partial charge in [-0.2, -0.15) is 0 Å². The fourth-order valence-electron chi connectivity index (χ4n) is 4.53. The SMILES string of the molecule is Cc1nc(N2C3CCCC2CC3)c2[nH]c(-c3ccccc3)cc2n1.Cl. The van der Waals surface area contributed by atoms with Crippen LogP contribution in [0.3, 0.4) is 0 Å². The van der Waals surface area contributed by atoms with Crippen molar-refractivity contribution in [3.8, 4) is 11.3 Å². The van der Waals surface area contributed by atoms with E-state index < -0.39 is 0 Å². The molecular formula is C20H23ClN4. The van der Waals surface area contributed by atoms with E-state index in [1.54, 1.807) is 0 Å². The predicted molar refractivity (Wildman–Crippen MR) is 104 cm³/mol. The van der Waals surface area contributed by atoms with Gasteiger partial charge in [-0.15, -0.1) is 12.4 Å². The lowest BCUT2D eigenvalue weighted by Gasteiger charge is -2.36. The average molecular weight is 355 g/mol. The van der Waals surface area contributed by atoms with Crippen LogP contribution < -0.4 is 4.90 Å². The van der Waals surface area contributed by atoms with E-state index in [1.165, 1.54) is 37.7 Å². The summed E-state index contributed by atoms with van der Waals surface area (Å²) < 4.78 is 0. The first kappa shape index (κ1) is 16.4. The van der Waals surface area contributed by atoms with Crippen molar-refractivity contribution in [1.29, 1.82) is 0 Å². The molecule has 130 valence electrons. The number of fused-ring (bicyclic) bond motifs is 3. The van der Waals surface area contributed by atoms with Gasteiger partial charge in [0, 0.05) is 17.8 Å². The van der Waals surface area contributed by atoms with Gasteiger partial charge in [-0.25, -0.2) is 9.97 Å². The summed E-state index contributed by atoms with van der Waals surface area (Å²) in [5.74, 6) is 1.98. The number of nitrogens with one attached hydrogen (secondary N) is 1. The molecule has 2 aliphatic heterocycles. The molecule has 2 unspecified atom stereocenters. The Morgan fingerprint density at radius 3 is 2.44 bits per heavy atom. The van der Waals surface area contributed by atoms with E-state index in [1.807, 2.05) is 13.0 Å². The summed E-state index contributed by atoms with van der Waals surface area (Å²) in [6.07, 6.45) is 6.57. The van der Waals surface area contributed by atoms with Crippen LogP contribution in [0.2, 0.25) is 0 Å². The fourth-order valence-corrected chi connectivity index (χ4v) is 4.53. The van der Waals surface area contributed by atoms with Crippen LogP contribution in [-0.2, 0) is 0 Å². The van der Waals surface area contributed by atoms with Gasteiger partial charge in [-0.3, -0.25) is 0 Å². The smallest absolute Gasteiger partial charge is 0.157 e. The minimum Gasteiger partial charge on any atom is -0.350 e. The van der Waals surface area contributed by atoms with Crippen molar-refractivity contribution in [2.75, 3.05) is 4.90 Å². The molecule has 0 spiro atoms. The Kier molecular flexibility index (Phi) is 4.16. The van der Waals surface area contributed by atoms with Gasteiger partial charge in [0.15, 0.2) is 5.82 Å². The van der Waals surface area contributed by atoms with Crippen LogP contribution in [0, 0.1) is 6.92 Å². The van der Waals surface area contributed by atoms with Crippen molar-refractivity contribution in [3.63, 3.8) is 0 Å². The van der Waals surface area contributed by atoms with Crippen LogP contribution in [0.15, 0.2) is 36.4 Å². The number of hydrogen-bond donors (Lipinski definition) is 1. The molecule has 2 atom stereocenters. The summed E-state index contributed by atoms with van der Waals surface area (Å²) >= 11 is 0. The summed E-state index contributed by atoms with van der Waals surface area (Å²) in [5.41, 5.74) is 4.44. The van der Waals surface area contributed by atoms with Crippen molar-refractivity contribution in [2.24, 2.45) is 0 Å². The molecule has 2 aliphatic rings. The number of aromatic amines is 1. The Bertz CT molecular complexity index is 873. The van der Waals surface area contributed by atoms with Crippen LogP contribution >= 0.6 is 12.4 Å². The number of piperidine rings is 1. The quantitative estimate of drug-likeness (QED) is 0.713. The highest BCUT2D eigenvalue weighted by Gasteiger charge is 2.38. The van der Waals surface area contributed by atoms with Gasteiger partial charge in [0.1, 0.15) is 11.3 Å². The summed E-state index contributed by atoms with van der Waals surface area (Å²) in [5, 5.41) is 0. The van der Waals surface area contributed by atoms with Crippen LogP contribution in [0.1, 0.15) is 37.9 Å². The van der Waals surface area contributed by atoms with Crippen molar-refractivity contribution in [1.82, 2.24) is 15.0 Å². The van der Waals surface area contributed by atoms with Crippen molar-refractivity contribution < 1.29 is 0 Å². The zero-order chi connectivity index (χ0) is 16.1. The predicted octanol–water partition coefficient (Wildman–Crippen LogP) is 4.88. The molecule has 0 saturated carbocycles. The van der Waals surface area contributed by atoms with Gasteiger partial charge < -0.3 is 9.88 Å². The highest BCUT2D eigenvalue weighted by Crippen LogP contribution is 2.41. The standard InChI is InChI=1S/C20H22N4.ClH/c1-13-21-18-12-17(14-6-3-2-4-7-14)23-19(18)20(22-13)24-15-8-5-9-16(24)11-10-15;/h2-4,6-7,12,15-16,23H,5,8-11H2,1H3;1H. The lowest BCUT2D eigenvalue weighted by molar-refractivity contribution is 0.465. The molecule has 3 aromatic rings. The fraction of sp³-hybridized carbons (Fsp3) is 0.400. The van der Waals surface area contributed by atoms with Gasteiger partial charge in [0.25, 0.3) is 0 Å². The van der Waals surface area contributed by atoms with Gasteiger partial charge in [-0.1, -0.05) is 30.3 Å². The minimum atomic E-state index is 0. The highest BCUT2D eigenvalue weighted by molar-refractivity contribution is 5.91. The highest BCUT2D eigenvalue weighted by atomic mass is 35.5. The number of benzene rings is 1. The Hall–Kier alpha value is -2.07. The first-order chi connectivity index (χ1) is 11.8. The van der Waals surface area contributed by atoms with E-state index in [9.17, 15) is 0 Å². The van der Waals surface area contributed by atoms with E-state index in [2.05, 4.69) is 45.2 Å². The third-order valence-corrected chi connectivity index (χ3v) is 5.59. The van der Waals surface area contributed by atoms with E-state index in [-0.39, 0.29) is 12.4 Å². The number of nitrogens with zero attached hydrogens (tertiary/aromatic N) is 3. The average Bonchev–Trinajstić information content (AvgIpc) is 3.13. The molecule has 0 amide bonds. The molecule has 5 rings (SSSR count). The van der Waals surface area contributed by atoms with E-state index in [0.717, 1.165) is 28.4 Å². The summed E-state index contributed by atoms with van der Waals surface area (Å²) in [4.78, 5) is 15.7. The molecule has 0 aliphatic carbocycles. The molecular weight excluding hydrogens is 332 g/mol. The zero-order valence-corrected chi connectivity index (χ0v) is 15.2. The monoisotopic (exact) mass is 354 g/mol. The summed E-state index contributed by atoms with van der Waals surface area (Å²) in [6.45, 7) is 2.00. The van der Waals surface area contributed by atoms with Crippen molar-refractivity contribution >= 4 is 29.3 Å². The number of aryl methyl sites for hydroxylation is 1. The van der Waals surface area contributed by atoms with Gasteiger partial charge in [0.05, 0.1) is 5.52 Å². The normalized spacial score (nSPS) is 22.2. The Morgan fingerprint density at radius 2 is 1.72 bits per heavy atom. The largest absolute Gasteiger partial charge is 0.350 e. The van der Waals surface area contributed by atoms with Crippen molar-refractivity contribution in [3.05, 3.63) is 42.2 Å². The number of rotatable bonds is 2. The van der Waals surface area contributed by atoms with E-state index >= 15 is 0 Å². The molecule has 2 fully saturated rings. The van der Waals surface area contributed by atoms with Crippen LogP contribution in [-0.4, -0.2) is 27.0 Å². The summed E-state index contributed by atoms with van der Waals surface area (Å²) in [6, 6.07) is 13.9. The molecule has 4 nitrogen and oxygen atoms in total. The van der Waals surface area contributed by atoms with Crippen LogP contribution in [0.5, 0.6) is 0 Å². The molecule has 0 radical (unpaired) electrons. The maximum atomic E-state index is 4.86. The first-order valence-corrected chi connectivity index (χ1v) is 9.01. The van der Waals surface area contributed by atoms with E-state index in [0.29, 0.717) is 12.1 Å². The maximum absolute atomic E-state index is 4.86. The van der Waals surface area contributed by atoms with Gasteiger partial charge in [-0.05, 0) is 50.7 Å². The topological polar surface area (TPSA) is 44.8 Å². The first-order valence-electron chi connectivity index (χ1n) is 9.01. The molecule has 1 aromatic carbocycles. The lowest BCUT2D eigenvalue weighted by Crippen LogP contribution is -2.40. The molecule has 2 saturated heterocycles. The number of anilines is 1. The van der Waals surface area contributed by atoms with Crippen LogP contribution in [0.25, 0.3) is 22.3 Å². The number of aromatic nitrogens is 3. The molecule has 1 N–H and O–H groups in total. The third kappa shape index (κ3) is 2.69. The Balaban J connectivity index is 0.00000157. The van der Waals surface area contributed by atoms with Gasteiger partial charge >= 0.3 is 0 Å². The zero-order valence-electron chi connectivity index (χ0n) is 14.4. The van der Waals surface area contributed by atoms with E-state index in [4.69, 9.17) is 4.98 Å². The second-order valence-corrected chi connectivity index (χ2v) is 7.13. The number of hydrogen-bond acceptors (Lipinski definition) is 3. The van der Waals surface area contributed by atoms with Gasteiger partial charge in [0.2, 0.25) is 0 Å². The second-order valence-electron chi connectivity index (χ2n) is 7.13. The molecule has 2 aromatic heterocycles. The third-order valence-electron chi connectivity index (χ3n) is 5.59.